The van der Waals surface area contributed by atoms with Crippen molar-refractivity contribution in [2.45, 2.75) is 6.42 Å². The fourth-order valence-corrected chi connectivity index (χ4v) is 2.38. The van der Waals surface area contributed by atoms with Gasteiger partial charge < -0.3 is 5.11 Å². The number of aromatic carboxylic acids is 1. The quantitative estimate of drug-likeness (QED) is 0.543. The van der Waals surface area contributed by atoms with E-state index >= 15 is 0 Å². The Kier molecular flexibility index (Phi) is 4.80. The summed E-state index contributed by atoms with van der Waals surface area (Å²) in [6.45, 7) is 0. The van der Waals surface area contributed by atoms with Crippen LogP contribution in [-0.4, -0.2) is 32.2 Å². The Morgan fingerprint density at radius 2 is 1.92 bits per heavy atom. The number of carboxylic acid groups (broad SMARTS) is 1. The van der Waals surface area contributed by atoms with Crippen LogP contribution in [0.15, 0.2) is 53.6 Å². The third kappa shape index (κ3) is 4.04. The van der Waals surface area contributed by atoms with Crippen molar-refractivity contribution in [3.63, 3.8) is 0 Å². The zero-order chi connectivity index (χ0) is 17.8. The average molecular weight is 356 g/mol. The third-order valence-corrected chi connectivity index (χ3v) is 3.74. The molecule has 0 radical (unpaired) electrons. The number of nitrogens with one attached hydrogen (secondary N) is 1. The minimum atomic E-state index is -0.984. The molecule has 0 unspecified atom stereocenters. The van der Waals surface area contributed by atoms with Gasteiger partial charge in [-0.3, -0.25) is 5.10 Å². The zero-order valence-electron chi connectivity index (χ0n) is 12.9. The first-order valence-corrected chi connectivity index (χ1v) is 7.72. The summed E-state index contributed by atoms with van der Waals surface area (Å²) in [6.07, 6.45) is 1.99. The summed E-state index contributed by atoms with van der Waals surface area (Å²) in [5, 5.41) is 20.0. The van der Waals surface area contributed by atoms with Crippen LogP contribution in [0.3, 0.4) is 0 Å². The Bertz CT molecular complexity index is 975. The van der Waals surface area contributed by atoms with Gasteiger partial charge in [0.2, 0.25) is 4.77 Å². The maximum Gasteiger partial charge on any atom is 0.335 e. The molecule has 3 aromatic rings. The van der Waals surface area contributed by atoms with Crippen molar-refractivity contribution >= 4 is 24.4 Å². The number of aromatic amines is 1. The van der Waals surface area contributed by atoms with Crippen molar-refractivity contribution in [3.8, 4) is 0 Å². The standard InChI is InChI=1S/C17H13FN4O2S/c18-14-7-3-11(4-8-14)9-15-20-21-17(25)22(15)19-10-12-1-5-13(6-2-12)16(23)24/h1-8,10H,9H2,(H,21,25)(H,23,24)/b19-10-. The molecule has 0 spiro atoms. The number of nitrogens with zero attached hydrogens (tertiary/aromatic N) is 3. The van der Waals surface area contributed by atoms with Crippen LogP contribution in [0.25, 0.3) is 0 Å². The molecule has 126 valence electrons. The second kappa shape index (κ2) is 7.18. The molecule has 0 amide bonds. The molecule has 8 heteroatoms. The summed E-state index contributed by atoms with van der Waals surface area (Å²) in [7, 11) is 0. The van der Waals surface area contributed by atoms with Gasteiger partial charge in [0.1, 0.15) is 5.82 Å². The lowest BCUT2D eigenvalue weighted by Crippen LogP contribution is -2.01. The lowest BCUT2D eigenvalue weighted by atomic mass is 10.1. The van der Waals surface area contributed by atoms with Crippen LogP contribution in [0.1, 0.15) is 27.3 Å². The van der Waals surface area contributed by atoms with Crippen molar-refractivity contribution in [3.05, 3.63) is 81.6 Å². The minimum absolute atomic E-state index is 0.203. The molecule has 0 saturated carbocycles. The van der Waals surface area contributed by atoms with Gasteiger partial charge in [-0.15, -0.1) is 0 Å². The summed E-state index contributed by atoms with van der Waals surface area (Å²) in [5.41, 5.74) is 1.80. The Morgan fingerprint density at radius 3 is 2.56 bits per heavy atom. The third-order valence-electron chi connectivity index (χ3n) is 3.47. The molecular weight excluding hydrogens is 343 g/mol. The normalized spacial score (nSPS) is 11.1. The number of carbonyl (C=O) groups is 1. The molecular formula is C17H13FN4O2S. The number of hydrogen-bond acceptors (Lipinski definition) is 4. The molecule has 1 aromatic heterocycles. The van der Waals surface area contributed by atoms with Crippen molar-refractivity contribution in [2.75, 3.05) is 0 Å². The Balaban J connectivity index is 1.82. The van der Waals surface area contributed by atoms with Crippen molar-refractivity contribution in [2.24, 2.45) is 5.10 Å². The molecule has 1 heterocycles. The lowest BCUT2D eigenvalue weighted by Gasteiger charge is -2.02. The lowest BCUT2D eigenvalue weighted by molar-refractivity contribution is 0.0697. The summed E-state index contributed by atoms with van der Waals surface area (Å²) < 4.78 is 14.8. The number of aromatic nitrogens is 3. The molecule has 3 rings (SSSR count). The van der Waals surface area contributed by atoms with Gasteiger partial charge in [-0.25, -0.2) is 9.18 Å². The molecule has 0 aliphatic rings. The van der Waals surface area contributed by atoms with Crippen molar-refractivity contribution in [1.82, 2.24) is 14.9 Å². The Hall–Kier alpha value is -3.13. The molecule has 0 fully saturated rings. The van der Waals surface area contributed by atoms with Gasteiger partial charge in [0.15, 0.2) is 5.82 Å². The van der Waals surface area contributed by atoms with Crippen molar-refractivity contribution < 1.29 is 14.3 Å². The van der Waals surface area contributed by atoms with Gasteiger partial charge in [0.05, 0.1) is 11.8 Å². The fraction of sp³-hybridized carbons (Fsp3) is 0.0588. The highest BCUT2D eigenvalue weighted by Crippen LogP contribution is 2.10. The van der Waals surface area contributed by atoms with E-state index in [0.717, 1.165) is 11.1 Å². The maximum absolute atomic E-state index is 13.0. The van der Waals surface area contributed by atoms with Crippen LogP contribution in [0, 0.1) is 10.6 Å². The van der Waals surface area contributed by atoms with Gasteiger partial charge in [-0.05, 0) is 47.6 Å². The largest absolute Gasteiger partial charge is 0.478 e. The van der Waals surface area contributed by atoms with Crippen LogP contribution in [-0.2, 0) is 6.42 Å². The summed E-state index contributed by atoms with van der Waals surface area (Å²) >= 11 is 5.17. The number of rotatable bonds is 5. The summed E-state index contributed by atoms with van der Waals surface area (Å²) in [6, 6.07) is 12.4. The van der Waals surface area contributed by atoms with E-state index in [1.807, 2.05) is 0 Å². The topological polar surface area (TPSA) is 83.3 Å². The van der Waals surface area contributed by atoms with Crippen LogP contribution in [0.5, 0.6) is 0 Å². The maximum atomic E-state index is 13.0. The molecule has 2 N–H and O–H groups in total. The van der Waals surface area contributed by atoms with E-state index < -0.39 is 5.97 Å². The first-order chi connectivity index (χ1) is 12.0. The van der Waals surface area contributed by atoms with Crippen LogP contribution >= 0.6 is 12.2 Å². The van der Waals surface area contributed by atoms with Gasteiger partial charge in [0.25, 0.3) is 0 Å². The van der Waals surface area contributed by atoms with Crippen LogP contribution in [0.2, 0.25) is 0 Å². The van der Waals surface area contributed by atoms with E-state index in [0.29, 0.717) is 17.0 Å². The van der Waals surface area contributed by atoms with E-state index in [9.17, 15) is 9.18 Å². The van der Waals surface area contributed by atoms with E-state index in [-0.39, 0.29) is 11.4 Å². The highest BCUT2D eigenvalue weighted by molar-refractivity contribution is 7.71. The number of benzene rings is 2. The summed E-state index contributed by atoms with van der Waals surface area (Å²) in [5.74, 6) is -0.706. The van der Waals surface area contributed by atoms with Gasteiger partial charge in [-0.2, -0.15) is 14.9 Å². The fourth-order valence-electron chi connectivity index (χ4n) is 2.18. The molecule has 0 saturated heterocycles. The van der Waals surface area contributed by atoms with Gasteiger partial charge in [0, 0.05) is 6.42 Å². The molecule has 6 nitrogen and oxygen atoms in total. The molecule has 25 heavy (non-hydrogen) atoms. The number of H-pyrrole nitrogens is 1. The second-order valence-corrected chi connectivity index (χ2v) is 5.62. The smallest absolute Gasteiger partial charge is 0.335 e. The Labute approximate surface area is 147 Å². The number of hydrogen-bond donors (Lipinski definition) is 2. The van der Waals surface area contributed by atoms with Crippen LogP contribution in [0.4, 0.5) is 4.39 Å². The van der Waals surface area contributed by atoms with E-state index in [1.165, 1.54) is 28.9 Å². The van der Waals surface area contributed by atoms with E-state index in [2.05, 4.69) is 15.3 Å². The van der Waals surface area contributed by atoms with Gasteiger partial charge in [-0.1, -0.05) is 24.3 Å². The van der Waals surface area contributed by atoms with Crippen molar-refractivity contribution in [1.29, 1.82) is 0 Å². The van der Waals surface area contributed by atoms with E-state index in [1.54, 1.807) is 30.5 Å². The van der Waals surface area contributed by atoms with E-state index in [4.69, 9.17) is 17.3 Å². The van der Waals surface area contributed by atoms with Crippen LogP contribution < -0.4 is 0 Å². The summed E-state index contributed by atoms with van der Waals surface area (Å²) in [4.78, 5) is 10.9. The molecule has 0 atom stereocenters. The monoisotopic (exact) mass is 356 g/mol. The predicted octanol–water partition coefficient (Wildman–Crippen LogP) is 3.25. The minimum Gasteiger partial charge on any atom is -0.478 e. The highest BCUT2D eigenvalue weighted by atomic mass is 32.1. The SMILES string of the molecule is O=C(O)c1ccc(/C=N\n2c(Cc3ccc(F)cc3)n[nH]c2=S)cc1. The average Bonchev–Trinajstić information content (AvgIpc) is 2.95. The second-order valence-electron chi connectivity index (χ2n) is 5.23. The number of carboxylic acids is 1. The molecule has 0 aliphatic carbocycles. The number of halogens is 1. The Morgan fingerprint density at radius 1 is 1.24 bits per heavy atom. The molecule has 0 aliphatic heterocycles. The first kappa shape index (κ1) is 16.7. The molecule has 0 bridgehead atoms. The molecule has 2 aromatic carbocycles. The predicted molar refractivity (Wildman–Crippen MR) is 93.0 cm³/mol. The first-order valence-electron chi connectivity index (χ1n) is 7.31. The van der Waals surface area contributed by atoms with Gasteiger partial charge >= 0.3 is 5.97 Å². The highest BCUT2D eigenvalue weighted by Gasteiger charge is 2.07. The zero-order valence-corrected chi connectivity index (χ0v) is 13.7.